The van der Waals surface area contributed by atoms with Crippen LogP contribution >= 0.6 is 0 Å². The number of hydrogen-bond acceptors (Lipinski definition) is 2. The Hall–Kier alpha value is -0.830. The largest absolute Gasteiger partial charge is 0.478 e. The summed E-state index contributed by atoms with van der Waals surface area (Å²) in [6.45, 7) is 8.11. The molecule has 2 aliphatic rings. The summed E-state index contributed by atoms with van der Waals surface area (Å²) in [4.78, 5) is 11.1. The second-order valence-corrected chi connectivity index (χ2v) is 6.49. The van der Waals surface area contributed by atoms with Crippen LogP contribution < -0.4 is 0 Å². The highest BCUT2D eigenvalue weighted by Crippen LogP contribution is 2.55. The molecule has 0 saturated heterocycles. The topological polar surface area (TPSA) is 57.5 Å². The Morgan fingerprint density at radius 1 is 1.28 bits per heavy atom. The van der Waals surface area contributed by atoms with Crippen molar-refractivity contribution in [3.63, 3.8) is 0 Å². The van der Waals surface area contributed by atoms with E-state index in [1.165, 1.54) is 0 Å². The van der Waals surface area contributed by atoms with E-state index in [0.29, 0.717) is 17.4 Å². The normalized spacial score (nSPS) is 44.2. The van der Waals surface area contributed by atoms with E-state index in [0.717, 1.165) is 32.1 Å². The van der Waals surface area contributed by atoms with E-state index in [-0.39, 0.29) is 17.4 Å². The summed E-state index contributed by atoms with van der Waals surface area (Å²) in [6.07, 6.45) is 4.36. The monoisotopic (exact) mass is 252 g/mol. The average molecular weight is 252 g/mol. The van der Waals surface area contributed by atoms with E-state index >= 15 is 0 Å². The molecule has 2 aliphatic carbocycles. The van der Waals surface area contributed by atoms with Crippen LogP contribution in [-0.4, -0.2) is 22.3 Å². The molecule has 0 aromatic carbocycles. The minimum atomic E-state index is -0.887. The van der Waals surface area contributed by atoms with Crippen molar-refractivity contribution >= 4 is 5.97 Å². The highest BCUT2D eigenvalue weighted by Gasteiger charge is 2.50. The molecule has 3 nitrogen and oxygen atoms in total. The Kier molecular flexibility index (Phi) is 3.54. The summed E-state index contributed by atoms with van der Waals surface area (Å²) in [6, 6.07) is 0. The molecule has 2 N–H and O–H groups in total. The Labute approximate surface area is 109 Å². The molecule has 0 aromatic heterocycles. The van der Waals surface area contributed by atoms with Gasteiger partial charge in [0.05, 0.1) is 6.10 Å². The summed E-state index contributed by atoms with van der Waals surface area (Å²) in [5.41, 5.74) is 0.196. The number of hydrogen-bond donors (Lipinski definition) is 2. The molecule has 0 aromatic rings. The van der Waals surface area contributed by atoms with Gasteiger partial charge in [0.2, 0.25) is 0 Å². The number of aliphatic hydroxyl groups is 1. The van der Waals surface area contributed by atoms with Crippen molar-refractivity contribution in [2.24, 2.45) is 23.2 Å². The first kappa shape index (κ1) is 13.6. The van der Waals surface area contributed by atoms with Gasteiger partial charge in [-0.2, -0.15) is 0 Å². The van der Waals surface area contributed by atoms with Gasteiger partial charge in [-0.3, -0.25) is 0 Å². The van der Waals surface area contributed by atoms with Crippen LogP contribution in [0.3, 0.4) is 0 Å². The maximum atomic E-state index is 11.1. The number of carboxylic acids is 1. The fourth-order valence-corrected chi connectivity index (χ4v) is 4.24. The third-order valence-corrected chi connectivity index (χ3v) is 5.47. The molecule has 2 saturated carbocycles. The fourth-order valence-electron chi connectivity index (χ4n) is 4.24. The number of rotatable bonds is 2. The highest BCUT2D eigenvalue weighted by atomic mass is 16.4. The molecule has 3 heteroatoms. The van der Waals surface area contributed by atoms with E-state index in [1.807, 2.05) is 0 Å². The summed E-state index contributed by atoms with van der Waals surface area (Å²) < 4.78 is 0. The zero-order valence-electron chi connectivity index (χ0n) is 11.4. The molecular weight excluding hydrogens is 228 g/mol. The SMILES string of the molecule is C=C(C(=O)O)C1CCC(C)C2CCC(O)C2(C)C1. The van der Waals surface area contributed by atoms with Crippen molar-refractivity contribution in [3.05, 3.63) is 12.2 Å². The number of fused-ring (bicyclic) bond motifs is 1. The van der Waals surface area contributed by atoms with Crippen LogP contribution in [-0.2, 0) is 4.79 Å². The summed E-state index contributed by atoms with van der Waals surface area (Å²) in [7, 11) is 0. The Bertz CT molecular complexity index is 363. The quantitative estimate of drug-likeness (QED) is 0.743. The van der Waals surface area contributed by atoms with Crippen molar-refractivity contribution in [2.45, 2.75) is 52.1 Å². The van der Waals surface area contributed by atoms with Gasteiger partial charge in [-0.15, -0.1) is 0 Å². The molecule has 102 valence electrons. The smallest absolute Gasteiger partial charge is 0.331 e. The molecule has 0 amide bonds. The van der Waals surface area contributed by atoms with Gasteiger partial charge in [0.25, 0.3) is 0 Å². The Balaban J connectivity index is 2.25. The molecule has 0 spiro atoms. The molecular formula is C15H24O3. The number of aliphatic carboxylic acids is 1. The minimum absolute atomic E-state index is 0.0210. The van der Waals surface area contributed by atoms with Crippen LogP contribution in [0.2, 0.25) is 0 Å². The van der Waals surface area contributed by atoms with Crippen LogP contribution in [0.4, 0.5) is 0 Å². The van der Waals surface area contributed by atoms with Gasteiger partial charge in [-0.25, -0.2) is 4.79 Å². The number of carbonyl (C=O) groups is 1. The van der Waals surface area contributed by atoms with Gasteiger partial charge in [0.15, 0.2) is 0 Å². The minimum Gasteiger partial charge on any atom is -0.478 e. The second kappa shape index (κ2) is 4.69. The van der Waals surface area contributed by atoms with E-state index in [2.05, 4.69) is 20.4 Å². The molecule has 0 radical (unpaired) electrons. The predicted molar refractivity (Wildman–Crippen MR) is 70.1 cm³/mol. The lowest BCUT2D eigenvalue weighted by atomic mass is 9.69. The van der Waals surface area contributed by atoms with Crippen molar-refractivity contribution in [1.82, 2.24) is 0 Å². The van der Waals surface area contributed by atoms with Gasteiger partial charge in [0.1, 0.15) is 0 Å². The fraction of sp³-hybridized carbons (Fsp3) is 0.800. The van der Waals surface area contributed by atoms with Crippen LogP contribution in [0.5, 0.6) is 0 Å². The Morgan fingerprint density at radius 3 is 2.56 bits per heavy atom. The van der Waals surface area contributed by atoms with E-state index in [4.69, 9.17) is 5.11 Å². The van der Waals surface area contributed by atoms with E-state index in [1.54, 1.807) is 0 Å². The van der Waals surface area contributed by atoms with Crippen LogP contribution in [0.25, 0.3) is 0 Å². The second-order valence-electron chi connectivity index (χ2n) is 6.49. The lowest BCUT2D eigenvalue weighted by Crippen LogP contribution is -2.36. The average Bonchev–Trinajstić information content (AvgIpc) is 2.52. The molecule has 0 aliphatic heterocycles. The van der Waals surface area contributed by atoms with Gasteiger partial charge in [0, 0.05) is 5.57 Å². The standard InChI is InChI=1S/C15H24O3/c1-9-4-5-11(10(2)14(17)18)8-15(3)12(9)6-7-13(15)16/h9,11-13,16H,2,4-8H2,1,3H3,(H,17,18). The third kappa shape index (κ3) is 2.09. The zero-order chi connectivity index (χ0) is 13.5. The van der Waals surface area contributed by atoms with Gasteiger partial charge < -0.3 is 10.2 Å². The summed E-state index contributed by atoms with van der Waals surface area (Å²) in [5, 5.41) is 19.4. The van der Waals surface area contributed by atoms with Gasteiger partial charge in [-0.1, -0.05) is 20.4 Å². The molecule has 18 heavy (non-hydrogen) atoms. The van der Waals surface area contributed by atoms with Crippen LogP contribution in [0, 0.1) is 23.2 Å². The molecule has 5 atom stereocenters. The molecule has 0 bridgehead atoms. The lowest BCUT2D eigenvalue weighted by molar-refractivity contribution is -0.133. The predicted octanol–water partition coefficient (Wildman–Crippen LogP) is 2.84. The zero-order valence-corrected chi connectivity index (χ0v) is 11.4. The van der Waals surface area contributed by atoms with Crippen LogP contribution in [0.15, 0.2) is 12.2 Å². The highest BCUT2D eigenvalue weighted by molar-refractivity contribution is 5.86. The number of aliphatic hydroxyl groups excluding tert-OH is 1. The lowest BCUT2D eigenvalue weighted by Gasteiger charge is -2.37. The van der Waals surface area contributed by atoms with Gasteiger partial charge >= 0.3 is 5.97 Å². The maximum Gasteiger partial charge on any atom is 0.331 e. The maximum absolute atomic E-state index is 11.1. The molecule has 0 heterocycles. The van der Waals surface area contributed by atoms with Crippen LogP contribution in [0.1, 0.15) is 46.0 Å². The third-order valence-electron chi connectivity index (χ3n) is 5.47. The van der Waals surface area contributed by atoms with E-state index in [9.17, 15) is 9.90 Å². The summed E-state index contributed by atoms with van der Waals surface area (Å²) >= 11 is 0. The molecule has 5 unspecified atom stereocenters. The molecule has 2 rings (SSSR count). The molecule has 2 fully saturated rings. The first-order valence-electron chi connectivity index (χ1n) is 6.96. The summed E-state index contributed by atoms with van der Waals surface area (Å²) in [5.74, 6) is 0.229. The number of carboxylic acid groups (broad SMARTS) is 1. The first-order chi connectivity index (χ1) is 8.36. The van der Waals surface area contributed by atoms with E-state index < -0.39 is 5.97 Å². The van der Waals surface area contributed by atoms with Crippen molar-refractivity contribution in [2.75, 3.05) is 0 Å². The van der Waals surface area contributed by atoms with Gasteiger partial charge in [-0.05, 0) is 55.3 Å². The van der Waals surface area contributed by atoms with Crippen molar-refractivity contribution in [1.29, 1.82) is 0 Å². The van der Waals surface area contributed by atoms with Crippen molar-refractivity contribution < 1.29 is 15.0 Å². The first-order valence-corrected chi connectivity index (χ1v) is 6.96. The van der Waals surface area contributed by atoms with Crippen molar-refractivity contribution in [3.8, 4) is 0 Å². The Morgan fingerprint density at radius 2 is 1.94 bits per heavy atom.